The second kappa shape index (κ2) is 7.59. The Morgan fingerprint density at radius 3 is 2.74 bits per heavy atom. The third kappa shape index (κ3) is 4.10. The van der Waals surface area contributed by atoms with Crippen molar-refractivity contribution in [2.24, 2.45) is 5.92 Å². The van der Waals surface area contributed by atoms with Crippen molar-refractivity contribution in [2.45, 2.75) is 31.7 Å². The van der Waals surface area contributed by atoms with Gasteiger partial charge < -0.3 is 15.5 Å². The van der Waals surface area contributed by atoms with Crippen LogP contribution in [0.4, 0.5) is 0 Å². The number of hydrogen-bond donors (Lipinski definition) is 2. The Kier molecular flexibility index (Phi) is 5.28. The van der Waals surface area contributed by atoms with E-state index in [-0.39, 0.29) is 17.7 Å². The van der Waals surface area contributed by atoms with E-state index in [0.29, 0.717) is 24.7 Å². The Bertz CT molecular complexity index is 540. The van der Waals surface area contributed by atoms with E-state index in [2.05, 4.69) is 10.6 Å². The average molecular weight is 315 g/mol. The highest BCUT2D eigenvalue weighted by molar-refractivity contribution is 5.94. The molecule has 5 heteroatoms. The maximum Gasteiger partial charge on any atom is 0.253 e. The number of rotatable bonds is 4. The second-order valence-corrected chi connectivity index (χ2v) is 6.49. The Morgan fingerprint density at radius 1 is 1.17 bits per heavy atom. The van der Waals surface area contributed by atoms with Crippen LogP contribution in [0.15, 0.2) is 30.3 Å². The largest absolute Gasteiger partial charge is 0.354 e. The number of piperidine rings is 1. The van der Waals surface area contributed by atoms with E-state index >= 15 is 0 Å². The molecule has 3 rings (SSSR count). The molecule has 23 heavy (non-hydrogen) atoms. The maximum absolute atomic E-state index is 12.5. The zero-order chi connectivity index (χ0) is 16.1. The van der Waals surface area contributed by atoms with Gasteiger partial charge in [-0.15, -0.1) is 0 Å². The molecule has 2 aliphatic heterocycles. The maximum atomic E-state index is 12.5. The van der Waals surface area contributed by atoms with Gasteiger partial charge in [0.15, 0.2) is 0 Å². The van der Waals surface area contributed by atoms with E-state index in [1.165, 1.54) is 6.42 Å². The quantitative estimate of drug-likeness (QED) is 0.883. The third-order valence-electron chi connectivity index (χ3n) is 4.79. The van der Waals surface area contributed by atoms with Gasteiger partial charge in [-0.25, -0.2) is 0 Å². The number of hydrogen-bond acceptors (Lipinski definition) is 3. The third-order valence-corrected chi connectivity index (χ3v) is 4.79. The van der Waals surface area contributed by atoms with Crippen molar-refractivity contribution >= 4 is 11.8 Å². The van der Waals surface area contributed by atoms with Crippen LogP contribution in [0.5, 0.6) is 0 Å². The summed E-state index contributed by atoms with van der Waals surface area (Å²) in [6, 6.07) is 9.71. The molecule has 2 heterocycles. The van der Waals surface area contributed by atoms with Gasteiger partial charge in [0.1, 0.15) is 0 Å². The van der Waals surface area contributed by atoms with Crippen LogP contribution < -0.4 is 10.6 Å². The van der Waals surface area contributed by atoms with Crippen LogP contribution in [-0.2, 0) is 4.79 Å². The Morgan fingerprint density at radius 2 is 2.00 bits per heavy atom. The van der Waals surface area contributed by atoms with E-state index in [0.717, 1.165) is 32.4 Å². The lowest BCUT2D eigenvalue weighted by Crippen LogP contribution is -2.47. The van der Waals surface area contributed by atoms with Gasteiger partial charge in [0, 0.05) is 31.2 Å². The fraction of sp³-hybridized carbons (Fsp3) is 0.556. The van der Waals surface area contributed by atoms with Crippen molar-refractivity contribution in [3.63, 3.8) is 0 Å². The lowest BCUT2D eigenvalue weighted by Gasteiger charge is -2.32. The molecule has 124 valence electrons. The molecule has 5 nitrogen and oxygen atoms in total. The first-order chi connectivity index (χ1) is 11.2. The molecular weight excluding hydrogens is 290 g/mol. The molecule has 2 amide bonds. The molecule has 2 unspecified atom stereocenters. The average Bonchev–Trinajstić information content (AvgIpc) is 3.13. The topological polar surface area (TPSA) is 61.4 Å². The molecule has 0 aromatic heterocycles. The van der Waals surface area contributed by atoms with Gasteiger partial charge >= 0.3 is 0 Å². The van der Waals surface area contributed by atoms with E-state index in [4.69, 9.17) is 0 Å². The molecule has 0 radical (unpaired) electrons. The minimum Gasteiger partial charge on any atom is -0.354 e. The van der Waals surface area contributed by atoms with E-state index in [1.54, 1.807) is 0 Å². The summed E-state index contributed by atoms with van der Waals surface area (Å²) in [7, 11) is 0. The van der Waals surface area contributed by atoms with Crippen molar-refractivity contribution in [2.75, 3.05) is 26.2 Å². The van der Waals surface area contributed by atoms with Crippen molar-refractivity contribution < 1.29 is 9.59 Å². The normalized spacial score (nSPS) is 24.4. The fourth-order valence-electron chi connectivity index (χ4n) is 3.44. The minimum absolute atomic E-state index is 0.0283. The van der Waals surface area contributed by atoms with Gasteiger partial charge in [0.25, 0.3) is 5.91 Å². The zero-order valence-electron chi connectivity index (χ0n) is 13.5. The lowest BCUT2D eigenvalue weighted by molar-refractivity contribution is -0.126. The first-order valence-corrected chi connectivity index (χ1v) is 8.59. The summed E-state index contributed by atoms with van der Waals surface area (Å²) < 4.78 is 0. The van der Waals surface area contributed by atoms with Crippen molar-refractivity contribution in [1.82, 2.24) is 15.5 Å². The summed E-state index contributed by atoms with van der Waals surface area (Å²) >= 11 is 0. The van der Waals surface area contributed by atoms with Crippen molar-refractivity contribution in [3.05, 3.63) is 35.9 Å². The molecule has 2 fully saturated rings. The van der Waals surface area contributed by atoms with Crippen LogP contribution in [0, 0.1) is 5.92 Å². The van der Waals surface area contributed by atoms with Crippen LogP contribution in [0.3, 0.4) is 0 Å². The second-order valence-electron chi connectivity index (χ2n) is 6.49. The summed E-state index contributed by atoms with van der Waals surface area (Å²) in [6.07, 6.45) is 4.06. The standard InChI is InChI=1S/C18H25N3O2/c22-17(20-12-16-9-4-10-19-16)15-8-5-11-21(13-15)18(23)14-6-2-1-3-7-14/h1-3,6-7,15-16,19H,4-5,8-13H2,(H,20,22). The molecule has 0 spiro atoms. The number of carbonyl (C=O) groups excluding carboxylic acids is 2. The lowest BCUT2D eigenvalue weighted by atomic mass is 9.96. The number of likely N-dealkylation sites (tertiary alicyclic amines) is 1. The SMILES string of the molecule is O=C(NCC1CCCN1)C1CCCN(C(=O)c2ccccc2)C1. The van der Waals surface area contributed by atoms with Crippen LogP contribution in [-0.4, -0.2) is 48.9 Å². The minimum atomic E-state index is -0.0854. The molecule has 2 saturated heterocycles. The monoisotopic (exact) mass is 315 g/mol. The number of benzene rings is 1. The first kappa shape index (κ1) is 16.0. The highest BCUT2D eigenvalue weighted by Gasteiger charge is 2.29. The summed E-state index contributed by atoms with van der Waals surface area (Å²) in [5, 5.41) is 6.44. The van der Waals surface area contributed by atoms with Crippen molar-refractivity contribution in [1.29, 1.82) is 0 Å². The summed E-state index contributed by atoms with van der Waals surface area (Å²) in [5.41, 5.74) is 0.698. The summed E-state index contributed by atoms with van der Waals surface area (Å²) in [4.78, 5) is 26.7. The molecule has 2 atom stereocenters. The summed E-state index contributed by atoms with van der Waals surface area (Å²) in [5.74, 6) is 0.0302. The Balaban J connectivity index is 1.53. The molecule has 0 aliphatic carbocycles. The highest BCUT2D eigenvalue weighted by atomic mass is 16.2. The first-order valence-electron chi connectivity index (χ1n) is 8.59. The van der Waals surface area contributed by atoms with Gasteiger partial charge in [0.2, 0.25) is 5.91 Å². The van der Waals surface area contributed by atoms with Crippen LogP contribution in [0.2, 0.25) is 0 Å². The van der Waals surface area contributed by atoms with Gasteiger partial charge in [0.05, 0.1) is 5.92 Å². The summed E-state index contributed by atoms with van der Waals surface area (Å²) in [6.45, 7) is 3.00. The van der Waals surface area contributed by atoms with Crippen LogP contribution >= 0.6 is 0 Å². The van der Waals surface area contributed by atoms with Crippen LogP contribution in [0.1, 0.15) is 36.0 Å². The predicted octanol–water partition coefficient (Wildman–Crippen LogP) is 1.41. The number of nitrogens with one attached hydrogen (secondary N) is 2. The van der Waals surface area contributed by atoms with Crippen molar-refractivity contribution in [3.8, 4) is 0 Å². The molecule has 1 aromatic rings. The van der Waals surface area contributed by atoms with Gasteiger partial charge in [-0.3, -0.25) is 9.59 Å². The molecule has 2 aliphatic rings. The fourth-order valence-corrected chi connectivity index (χ4v) is 3.44. The smallest absolute Gasteiger partial charge is 0.253 e. The Labute approximate surface area is 137 Å². The molecule has 2 N–H and O–H groups in total. The van der Waals surface area contributed by atoms with E-state index in [9.17, 15) is 9.59 Å². The number of amides is 2. The molecule has 1 aromatic carbocycles. The number of carbonyl (C=O) groups is 2. The number of nitrogens with zero attached hydrogens (tertiary/aromatic N) is 1. The Hall–Kier alpha value is -1.88. The predicted molar refractivity (Wildman–Crippen MR) is 89.1 cm³/mol. The zero-order valence-corrected chi connectivity index (χ0v) is 13.5. The molecule has 0 saturated carbocycles. The highest BCUT2D eigenvalue weighted by Crippen LogP contribution is 2.19. The van der Waals surface area contributed by atoms with Gasteiger partial charge in [-0.05, 0) is 44.4 Å². The van der Waals surface area contributed by atoms with Gasteiger partial charge in [-0.2, -0.15) is 0 Å². The van der Waals surface area contributed by atoms with Crippen LogP contribution in [0.25, 0.3) is 0 Å². The molecular formula is C18H25N3O2. The van der Waals surface area contributed by atoms with E-state index in [1.807, 2.05) is 35.2 Å². The molecule has 0 bridgehead atoms. The van der Waals surface area contributed by atoms with E-state index < -0.39 is 0 Å². The van der Waals surface area contributed by atoms with Gasteiger partial charge in [-0.1, -0.05) is 18.2 Å².